The first-order valence-corrected chi connectivity index (χ1v) is 11.3. The third-order valence-electron chi connectivity index (χ3n) is 5.24. The summed E-state index contributed by atoms with van der Waals surface area (Å²) in [5.41, 5.74) is 1.47. The van der Waals surface area contributed by atoms with Crippen LogP contribution < -0.4 is 15.5 Å². The Morgan fingerprint density at radius 2 is 1.78 bits per heavy atom. The number of hydrogen-bond donors (Lipinski definition) is 2. The molecule has 1 aliphatic rings. The first kappa shape index (κ1) is 22.0. The molecule has 0 saturated carbocycles. The highest BCUT2D eigenvalue weighted by molar-refractivity contribution is 7.09. The van der Waals surface area contributed by atoms with Crippen LogP contribution in [0.4, 0.5) is 15.8 Å². The lowest BCUT2D eigenvalue weighted by Crippen LogP contribution is -2.45. The number of amides is 2. The predicted molar refractivity (Wildman–Crippen MR) is 124 cm³/mol. The monoisotopic (exact) mass is 453 g/mol. The molecule has 0 aliphatic carbocycles. The molecule has 3 aromatic rings. The van der Waals surface area contributed by atoms with Crippen LogP contribution in [0, 0.1) is 5.82 Å². The molecule has 1 fully saturated rings. The molecule has 0 radical (unpaired) electrons. The highest BCUT2D eigenvalue weighted by Crippen LogP contribution is 2.27. The first-order valence-electron chi connectivity index (χ1n) is 10.4. The zero-order valence-electron chi connectivity index (χ0n) is 17.4. The van der Waals surface area contributed by atoms with Crippen molar-refractivity contribution in [3.63, 3.8) is 0 Å². The van der Waals surface area contributed by atoms with Gasteiger partial charge in [0.2, 0.25) is 5.91 Å². The first-order chi connectivity index (χ1) is 15.6. The molecule has 2 amide bonds. The lowest BCUT2D eigenvalue weighted by atomic mass is 10.1. The number of hydrogen-bond acceptors (Lipinski definition) is 5. The minimum atomic E-state index is -0.862. The Balaban J connectivity index is 1.54. The zero-order valence-corrected chi connectivity index (χ0v) is 18.2. The summed E-state index contributed by atoms with van der Waals surface area (Å²) in [5, 5.41) is 7.59. The van der Waals surface area contributed by atoms with Crippen LogP contribution in [0.2, 0.25) is 0 Å². The molecule has 1 atom stereocenters. The molecule has 166 valence electrons. The van der Waals surface area contributed by atoms with Gasteiger partial charge in [0.05, 0.1) is 30.2 Å². The number of anilines is 2. The second-order valence-corrected chi connectivity index (χ2v) is 8.43. The molecule has 2 aromatic carbocycles. The van der Waals surface area contributed by atoms with E-state index in [1.54, 1.807) is 6.07 Å². The number of benzene rings is 2. The average Bonchev–Trinajstić information content (AvgIpc) is 3.33. The van der Waals surface area contributed by atoms with Gasteiger partial charge in [-0.3, -0.25) is 9.59 Å². The molecule has 8 heteroatoms. The topological polar surface area (TPSA) is 70.7 Å². The van der Waals surface area contributed by atoms with Crippen LogP contribution in [0.3, 0.4) is 0 Å². The summed E-state index contributed by atoms with van der Waals surface area (Å²) in [7, 11) is 0. The lowest BCUT2D eigenvalue weighted by molar-refractivity contribution is -0.117. The Morgan fingerprint density at radius 3 is 2.53 bits per heavy atom. The van der Waals surface area contributed by atoms with Gasteiger partial charge in [0.15, 0.2) is 0 Å². The van der Waals surface area contributed by atoms with Crippen molar-refractivity contribution in [1.29, 1.82) is 0 Å². The minimum Gasteiger partial charge on any atom is -0.378 e. The van der Waals surface area contributed by atoms with Crippen LogP contribution >= 0.6 is 11.3 Å². The molecular formula is C24H24FN3O3S. The van der Waals surface area contributed by atoms with Gasteiger partial charge in [0.25, 0.3) is 5.91 Å². The summed E-state index contributed by atoms with van der Waals surface area (Å²) < 4.78 is 19.5. The van der Waals surface area contributed by atoms with Crippen molar-refractivity contribution in [3.8, 4) is 0 Å². The Morgan fingerprint density at radius 1 is 1.03 bits per heavy atom. The fourth-order valence-corrected chi connectivity index (χ4v) is 4.35. The van der Waals surface area contributed by atoms with Crippen molar-refractivity contribution < 1.29 is 18.7 Å². The molecule has 1 saturated heterocycles. The number of ether oxygens (including phenoxy) is 1. The quantitative estimate of drug-likeness (QED) is 0.572. The molecule has 1 aromatic heterocycles. The Kier molecular flexibility index (Phi) is 7.14. The number of para-hydroxylation sites is 2. The fourth-order valence-electron chi connectivity index (χ4n) is 3.60. The fraction of sp³-hybridized carbons (Fsp3) is 0.250. The van der Waals surface area contributed by atoms with Gasteiger partial charge >= 0.3 is 0 Å². The van der Waals surface area contributed by atoms with E-state index >= 15 is 0 Å². The Bertz CT molecular complexity index is 1070. The van der Waals surface area contributed by atoms with Crippen LogP contribution in [-0.2, 0) is 16.0 Å². The predicted octanol–water partition coefficient (Wildman–Crippen LogP) is 3.70. The summed E-state index contributed by atoms with van der Waals surface area (Å²) >= 11 is 1.50. The number of halogens is 1. The summed E-state index contributed by atoms with van der Waals surface area (Å²) in [5.74, 6) is -1.61. The maximum atomic E-state index is 14.1. The molecule has 32 heavy (non-hydrogen) atoms. The number of carbonyl (C=O) groups is 2. The second-order valence-electron chi connectivity index (χ2n) is 7.40. The van der Waals surface area contributed by atoms with Gasteiger partial charge < -0.3 is 20.3 Å². The Labute approximate surface area is 190 Å². The van der Waals surface area contributed by atoms with Crippen LogP contribution in [0.25, 0.3) is 0 Å². The molecule has 0 bridgehead atoms. The van der Waals surface area contributed by atoms with Crippen molar-refractivity contribution >= 4 is 34.5 Å². The highest BCUT2D eigenvalue weighted by Gasteiger charge is 2.25. The van der Waals surface area contributed by atoms with E-state index in [9.17, 15) is 14.0 Å². The summed E-state index contributed by atoms with van der Waals surface area (Å²) in [6.45, 7) is 2.72. The van der Waals surface area contributed by atoms with Crippen LogP contribution in [0.5, 0.6) is 0 Å². The maximum absolute atomic E-state index is 14.1. The van der Waals surface area contributed by atoms with Crippen molar-refractivity contribution in [2.75, 3.05) is 36.5 Å². The van der Waals surface area contributed by atoms with Crippen LogP contribution in [0.15, 0.2) is 66.0 Å². The molecule has 2 N–H and O–H groups in total. The van der Waals surface area contributed by atoms with E-state index in [1.807, 2.05) is 41.8 Å². The summed E-state index contributed by atoms with van der Waals surface area (Å²) in [6.07, 6.45) is 0.309. The normalized spacial score (nSPS) is 14.6. The van der Waals surface area contributed by atoms with Gasteiger partial charge in [-0.05, 0) is 35.7 Å². The number of rotatable bonds is 7. The lowest BCUT2D eigenvalue weighted by Gasteiger charge is -2.30. The molecule has 6 nitrogen and oxygen atoms in total. The molecule has 1 aliphatic heterocycles. The summed E-state index contributed by atoms with van der Waals surface area (Å²) in [4.78, 5) is 29.1. The molecule has 0 spiro atoms. The van der Waals surface area contributed by atoms with Gasteiger partial charge in [-0.25, -0.2) is 4.39 Å². The standard InChI is InChI=1S/C24H24FN3O3S/c25-19-8-2-1-7-18(19)23(29)27-21(16-17-6-5-15-32-17)24(30)26-20-9-3-4-10-22(20)28-11-13-31-14-12-28/h1-10,15,21H,11-14,16H2,(H,26,30)(H,27,29)/t21-/m1/s1. The largest absolute Gasteiger partial charge is 0.378 e. The van der Waals surface area contributed by atoms with Crippen molar-refractivity contribution in [1.82, 2.24) is 5.32 Å². The summed E-state index contributed by atoms with van der Waals surface area (Å²) in [6, 6.07) is 16.2. The number of thiophene rings is 1. The highest BCUT2D eigenvalue weighted by atomic mass is 32.1. The third-order valence-corrected chi connectivity index (χ3v) is 6.14. The van der Waals surface area contributed by atoms with E-state index in [1.165, 1.54) is 29.5 Å². The van der Waals surface area contributed by atoms with Gasteiger partial charge in [-0.15, -0.1) is 11.3 Å². The van der Waals surface area contributed by atoms with E-state index in [0.717, 1.165) is 23.7 Å². The number of nitrogens with zero attached hydrogens (tertiary/aromatic N) is 1. The molecule has 0 unspecified atom stereocenters. The average molecular weight is 454 g/mol. The molecule has 4 rings (SSSR count). The Hall–Kier alpha value is -3.23. The van der Waals surface area contributed by atoms with Gasteiger partial charge in [0.1, 0.15) is 11.9 Å². The van der Waals surface area contributed by atoms with E-state index in [0.29, 0.717) is 25.3 Å². The van der Waals surface area contributed by atoms with E-state index in [2.05, 4.69) is 15.5 Å². The van der Waals surface area contributed by atoms with E-state index < -0.39 is 17.8 Å². The van der Waals surface area contributed by atoms with Crippen LogP contribution in [0.1, 0.15) is 15.2 Å². The smallest absolute Gasteiger partial charge is 0.254 e. The van der Waals surface area contributed by atoms with Gasteiger partial charge in [-0.1, -0.05) is 30.3 Å². The SMILES string of the molecule is O=C(N[C@H](Cc1cccs1)C(=O)Nc1ccccc1N1CCOCC1)c1ccccc1F. The van der Waals surface area contributed by atoms with Gasteiger partial charge in [0, 0.05) is 24.4 Å². The molecular weight excluding hydrogens is 429 g/mol. The van der Waals surface area contributed by atoms with Crippen molar-refractivity contribution in [2.24, 2.45) is 0 Å². The second kappa shape index (κ2) is 10.4. The van der Waals surface area contributed by atoms with Crippen LogP contribution in [-0.4, -0.2) is 44.2 Å². The number of nitrogens with one attached hydrogen (secondary N) is 2. The molecule has 2 heterocycles. The number of carbonyl (C=O) groups excluding carboxylic acids is 2. The minimum absolute atomic E-state index is 0.0924. The van der Waals surface area contributed by atoms with E-state index in [-0.39, 0.29) is 11.5 Å². The van der Waals surface area contributed by atoms with Crippen molar-refractivity contribution in [3.05, 3.63) is 82.3 Å². The zero-order chi connectivity index (χ0) is 22.3. The maximum Gasteiger partial charge on any atom is 0.254 e. The van der Waals surface area contributed by atoms with Crippen molar-refractivity contribution in [2.45, 2.75) is 12.5 Å². The van der Waals surface area contributed by atoms with E-state index in [4.69, 9.17) is 4.74 Å². The number of morpholine rings is 1. The third kappa shape index (κ3) is 5.33. The van der Waals surface area contributed by atoms with Gasteiger partial charge in [-0.2, -0.15) is 0 Å².